The van der Waals surface area contributed by atoms with E-state index in [2.05, 4.69) is 41.5 Å². The smallest absolute Gasteiger partial charge is 0.178 e. The molecule has 1 aromatic heterocycles. The van der Waals surface area contributed by atoms with Crippen LogP contribution in [-0.2, 0) is 13.0 Å². The SMILES string of the molecule is COc1cc2c(cc1OC)CN(CC(=O)c1cc(C)n(C3CCCC3)c1C)CC2. The maximum Gasteiger partial charge on any atom is 0.178 e. The van der Waals surface area contributed by atoms with E-state index in [0.717, 1.165) is 42.3 Å². The van der Waals surface area contributed by atoms with E-state index < -0.39 is 0 Å². The van der Waals surface area contributed by atoms with Gasteiger partial charge in [0.15, 0.2) is 17.3 Å². The summed E-state index contributed by atoms with van der Waals surface area (Å²) in [5.74, 6) is 1.75. The van der Waals surface area contributed by atoms with Gasteiger partial charge >= 0.3 is 0 Å². The summed E-state index contributed by atoms with van der Waals surface area (Å²) < 4.78 is 13.3. The van der Waals surface area contributed by atoms with Gasteiger partial charge in [0.25, 0.3) is 0 Å². The summed E-state index contributed by atoms with van der Waals surface area (Å²) in [7, 11) is 3.33. The van der Waals surface area contributed by atoms with Gasteiger partial charge in [-0.25, -0.2) is 0 Å². The van der Waals surface area contributed by atoms with E-state index in [4.69, 9.17) is 9.47 Å². The number of carbonyl (C=O) groups excluding carboxylic acids is 1. The maximum absolute atomic E-state index is 13.2. The van der Waals surface area contributed by atoms with Crippen molar-refractivity contribution >= 4 is 5.78 Å². The Hall–Kier alpha value is -2.27. The second-order valence-corrected chi connectivity index (χ2v) is 8.45. The average molecular weight is 397 g/mol. The summed E-state index contributed by atoms with van der Waals surface area (Å²) in [5.41, 5.74) is 5.76. The predicted molar refractivity (Wildman–Crippen MR) is 114 cm³/mol. The first-order chi connectivity index (χ1) is 14.0. The second-order valence-electron chi connectivity index (χ2n) is 8.45. The van der Waals surface area contributed by atoms with Crippen molar-refractivity contribution in [2.24, 2.45) is 0 Å². The Morgan fingerprint density at radius 1 is 1.03 bits per heavy atom. The van der Waals surface area contributed by atoms with Crippen LogP contribution >= 0.6 is 0 Å². The van der Waals surface area contributed by atoms with Gasteiger partial charge in [-0.2, -0.15) is 0 Å². The molecule has 0 bridgehead atoms. The normalized spacial score (nSPS) is 17.4. The molecule has 0 unspecified atom stereocenters. The van der Waals surface area contributed by atoms with Crippen LogP contribution in [0.3, 0.4) is 0 Å². The number of hydrogen-bond donors (Lipinski definition) is 0. The highest BCUT2D eigenvalue weighted by atomic mass is 16.5. The van der Waals surface area contributed by atoms with Gasteiger partial charge in [-0.3, -0.25) is 9.69 Å². The molecule has 1 aliphatic heterocycles. The molecule has 0 saturated heterocycles. The fraction of sp³-hybridized carbons (Fsp3) is 0.542. The fourth-order valence-electron chi connectivity index (χ4n) is 5.15. The van der Waals surface area contributed by atoms with E-state index in [1.165, 1.54) is 42.5 Å². The standard InChI is InChI=1S/C24H32N2O3/c1-16-11-21(17(2)26(16)20-7-5-6-8-20)22(27)15-25-10-9-18-12-23(28-3)24(29-4)13-19(18)14-25/h11-13,20H,5-10,14-15H2,1-4H3. The number of hydrogen-bond acceptors (Lipinski definition) is 4. The van der Waals surface area contributed by atoms with Gasteiger partial charge in [0.1, 0.15) is 0 Å². The topological polar surface area (TPSA) is 43.7 Å². The van der Waals surface area contributed by atoms with E-state index in [9.17, 15) is 4.79 Å². The Kier molecular flexibility index (Phi) is 5.68. The first-order valence-electron chi connectivity index (χ1n) is 10.7. The summed E-state index contributed by atoms with van der Waals surface area (Å²) in [6, 6.07) is 6.79. The molecule has 1 aromatic carbocycles. The van der Waals surface area contributed by atoms with E-state index in [-0.39, 0.29) is 5.78 Å². The van der Waals surface area contributed by atoms with Gasteiger partial charge in [-0.15, -0.1) is 0 Å². The summed E-state index contributed by atoms with van der Waals surface area (Å²) in [6.07, 6.45) is 5.99. The molecule has 1 saturated carbocycles. The lowest BCUT2D eigenvalue weighted by molar-refractivity contribution is 0.0920. The lowest BCUT2D eigenvalue weighted by atomic mass is 9.98. The molecule has 0 radical (unpaired) electrons. The van der Waals surface area contributed by atoms with Gasteiger partial charge in [0.2, 0.25) is 0 Å². The van der Waals surface area contributed by atoms with Gasteiger partial charge in [-0.05, 0) is 62.4 Å². The molecule has 5 heteroatoms. The number of ether oxygens (including phenoxy) is 2. The Balaban J connectivity index is 1.49. The van der Waals surface area contributed by atoms with Crippen LogP contribution in [-0.4, -0.2) is 42.6 Å². The molecule has 0 amide bonds. The van der Waals surface area contributed by atoms with Crippen LogP contribution in [0.4, 0.5) is 0 Å². The third kappa shape index (κ3) is 3.80. The molecule has 0 spiro atoms. The number of benzene rings is 1. The van der Waals surface area contributed by atoms with E-state index in [1.54, 1.807) is 14.2 Å². The zero-order valence-electron chi connectivity index (χ0n) is 18.1. The molecular formula is C24H32N2O3. The van der Waals surface area contributed by atoms with Crippen molar-refractivity contribution in [2.75, 3.05) is 27.3 Å². The Morgan fingerprint density at radius 3 is 2.34 bits per heavy atom. The van der Waals surface area contributed by atoms with Gasteiger partial charge in [0.05, 0.1) is 20.8 Å². The summed E-state index contributed by atoms with van der Waals surface area (Å²) in [5, 5.41) is 0. The monoisotopic (exact) mass is 396 g/mol. The zero-order chi connectivity index (χ0) is 20.5. The minimum Gasteiger partial charge on any atom is -0.493 e. The lowest BCUT2D eigenvalue weighted by Gasteiger charge is -2.29. The van der Waals surface area contributed by atoms with Crippen molar-refractivity contribution in [3.63, 3.8) is 0 Å². The number of aromatic nitrogens is 1. The van der Waals surface area contributed by atoms with Crippen LogP contribution in [0.15, 0.2) is 18.2 Å². The Morgan fingerprint density at radius 2 is 1.69 bits per heavy atom. The van der Waals surface area contributed by atoms with Gasteiger partial charge in [-0.1, -0.05) is 12.8 Å². The zero-order valence-corrected chi connectivity index (χ0v) is 18.1. The van der Waals surface area contributed by atoms with E-state index >= 15 is 0 Å². The molecule has 4 rings (SSSR count). The van der Waals surface area contributed by atoms with Gasteiger partial charge < -0.3 is 14.0 Å². The maximum atomic E-state index is 13.2. The number of Topliss-reactive ketones (excluding diaryl/α,β-unsaturated/α-hetero) is 1. The largest absolute Gasteiger partial charge is 0.493 e. The third-order valence-electron chi connectivity index (χ3n) is 6.64. The number of nitrogens with zero attached hydrogens (tertiary/aromatic N) is 2. The van der Waals surface area contributed by atoms with Crippen LogP contribution < -0.4 is 9.47 Å². The van der Waals surface area contributed by atoms with Crippen molar-refractivity contribution in [3.8, 4) is 11.5 Å². The first-order valence-corrected chi connectivity index (χ1v) is 10.7. The highest BCUT2D eigenvalue weighted by Gasteiger charge is 2.26. The van der Waals surface area contributed by atoms with E-state index in [0.29, 0.717) is 12.6 Å². The molecule has 0 N–H and O–H groups in total. The molecule has 0 atom stereocenters. The Labute approximate surface area is 173 Å². The molecule has 2 aliphatic rings. The number of methoxy groups -OCH3 is 2. The van der Waals surface area contributed by atoms with E-state index in [1.807, 2.05) is 0 Å². The summed E-state index contributed by atoms with van der Waals surface area (Å²) >= 11 is 0. The highest BCUT2D eigenvalue weighted by molar-refractivity contribution is 5.99. The summed E-state index contributed by atoms with van der Waals surface area (Å²) in [6.45, 7) is 6.36. The summed E-state index contributed by atoms with van der Waals surface area (Å²) in [4.78, 5) is 15.4. The minimum atomic E-state index is 0.228. The van der Waals surface area contributed by atoms with Crippen LogP contribution in [0.1, 0.15) is 64.6 Å². The second kappa shape index (κ2) is 8.23. The number of fused-ring (bicyclic) bond motifs is 1. The van der Waals surface area contributed by atoms with Crippen molar-refractivity contribution in [3.05, 3.63) is 46.3 Å². The lowest BCUT2D eigenvalue weighted by Crippen LogP contribution is -2.35. The van der Waals surface area contributed by atoms with Crippen molar-refractivity contribution < 1.29 is 14.3 Å². The molecule has 2 heterocycles. The van der Waals surface area contributed by atoms with Crippen LogP contribution in [0.25, 0.3) is 0 Å². The molecule has 5 nitrogen and oxygen atoms in total. The number of ketones is 1. The number of carbonyl (C=O) groups is 1. The molecule has 1 aliphatic carbocycles. The number of rotatable bonds is 6. The molecular weight excluding hydrogens is 364 g/mol. The quantitative estimate of drug-likeness (QED) is 0.676. The minimum absolute atomic E-state index is 0.228. The average Bonchev–Trinajstić information content (AvgIpc) is 3.34. The van der Waals surface area contributed by atoms with Gasteiger partial charge in [0, 0.05) is 36.1 Å². The van der Waals surface area contributed by atoms with Crippen LogP contribution in [0, 0.1) is 13.8 Å². The first kappa shape index (κ1) is 20.0. The fourth-order valence-corrected chi connectivity index (χ4v) is 5.15. The predicted octanol–water partition coefficient (Wildman–Crippen LogP) is 4.48. The molecule has 2 aromatic rings. The third-order valence-corrected chi connectivity index (χ3v) is 6.64. The van der Waals surface area contributed by atoms with Crippen molar-refractivity contribution in [1.82, 2.24) is 9.47 Å². The molecule has 156 valence electrons. The van der Waals surface area contributed by atoms with Crippen LogP contribution in [0.5, 0.6) is 11.5 Å². The number of aryl methyl sites for hydroxylation is 1. The molecule has 29 heavy (non-hydrogen) atoms. The highest BCUT2D eigenvalue weighted by Crippen LogP contribution is 2.35. The Bertz CT molecular complexity index is 909. The van der Waals surface area contributed by atoms with Crippen molar-refractivity contribution in [1.29, 1.82) is 0 Å². The molecule has 1 fully saturated rings. The van der Waals surface area contributed by atoms with Crippen LogP contribution in [0.2, 0.25) is 0 Å². The van der Waals surface area contributed by atoms with Crippen molar-refractivity contribution in [2.45, 2.75) is 58.5 Å².